The molecule has 1 saturated heterocycles. The lowest BCUT2D eigenvalue weighted by Gasteiger charge is -2.34. The van der Waals surface area contributed by atoms with Crippen LogP contribution in [0.15, 0.2) is 41.1 Å². The number of amides is 1. The van der Waals surface area contributed by atoms with E-state index in [1.54, 1.807) is 24.5 Å². The van der Waals surface area contributed by atoms with Gasteiger partial charge in [0.1, 0.15) is 0 Å². The van der Waals surface area contributed by atoms with Gasteiger partial charge in [-0.2, -0.15) is 0 Å². The number of halogens is 1. The van der Waals surface area contributed by atoms with E-state index in [2.05, 4.69) is 36.1 Å². The highest BCUT2D eigenvalue weighted by molar-refractivity contribution is 9.10. The van der Waals surface area contributed by atoms with E-state index in [-0.39, 0.29) is 11.6 Å². The van der Waals surface area contributed by atoms with E-state index in [0.29, 0.717) is 49.6 Å². The zero-order chi connectivity index (χ0) is 19.2. The van der Waals surface area contributed by atoms with Crippen molar-refractivity contribution in [3.8, 4) is 0 Å². The van der Waals surface area contributed by atoms with Gasteiger partial charge in [0.25, 0.3) is 5.69 Å². The molecule has 0 radical (unpaired) electrons. The van der Waals surface area contributed by atoms with Gasteiger partial charge in [0.15, 0.2) is 0 Å². The monoisotopic (exact) mass is 434 g/mol. The molecule has 3 rings (SSSR count). The minimum atomic E-state index is -0.446. The van der Waals surface area contributed by atoms with Crippen LogP contribution in [-0.4, -0.2) is 58.4 Å². The highest BCUT2D eigenvalue weighted by Crippen LogP contribution is 2.27. The number of rotatable bonds is 6. The number of carbonyl (C=O) groups excluding carboxylic acids is 1. The number of non-ortho nitro benzene ring substituents is 1. The highest BCUT2D eigenvalue weighted by Gasteiger charge is 2.22. The van der Waals surface area contributed by atoms with Crippen LogP contribution < -0.4 is 10.2 Å². The van der Waals surface area contributed by atoms with Crippen molar-refractivity contribution in [1.82, 2.24) is 14.9 Å². The number of aromatic nitrogens is 2. The van der Waals surface area contributed by atoms with E-state index in [0.717, 1.165) is 5.69 Å². The SMILES string of the molecule is O=C(CCNc1ccc([N+](=O)[O-])cc1Br)N1CCN(c2ncccn2)CC1. The standard InChI is InChI=1S/C17H19BrN6O3/c18-14-12-13(24(26)27)2-3-15(14)19-7-4-16(25)22-8-10-23(11-9-22)17-20-5-1-6-21-17/h1-3,5-6,12,19H,4,7-11H2. The summed E-state index contributed by atoms with van der Waals surface area (Å²) in [5.41, 5.74) is 0.739. The third-order valence-corrected chi connectivity index (χ3v) is 4.94. The van der Waals surface area contributed by atoms with Crippen LogP contribution in [0.1, 0.15) is 6.42 Å². The van der Waals surface area contributed by atoms with Gasteiger partial charge in [-0.25, -0.2) is 9.97 Å². The molecule has 1 N–H and O–H groups in total. The third-order valence-electron chi connectivity index (χ3n) is 4.29. The molecule has 1 aliphatic heterocycles. The van der Waals surface area contributed by atoms with Crippen LogP contribution in [0.3, 0.4) is 0 Å². The molecule has 142 valence electrons. The Bertz CT molecular complexity index is 812. The lowest BCUT2D eigenvalue weighted by atomic mass is 10.2. The van der Waals surface area contributed by atoms with Gasteiger partial charge in [0.05, 0.1) is 4.92 Å². The average Bonchev–Trinajstić information content (AvgIpc) is 2.69. The van der Waals surface area contributed by atoms with Crippen molar-refractivity contribution in [3.63, 3.8) is 0 Å². The van der Waals surface area contributed by atoms with Crippen LogP contribution in [0.5, 0.6) is 0 Å². The van der Waals surface area contributed by atoms with Crippen LogP contribution in [0.25, 0.3) is 0 Å². The first kappa shape index (κ1) is 19.0. The number of nitro benzene ring substituents is 1. The number of hydrogen-bond acceptors (Lipinski definition) is 7. The smallest absolute Gasteiger partial charge is 0.270 e. The van der Waals surface area contributed by atoms with Crippen molar-refractivity contribution < 1.29 is 9.72 Å². The van der Waals surface area contributed by atoms with Crippen molar-refractivity contribution in [1.29, 1.82) is 0 Å². The van der Waals surface area contributed by atoms with Gasteiger partial charge in [-0.1, -0.05) is 0 Å². The molecule has 0 bridgehead atoms. The van der Waals surface area contributed by atoms with E-state index in [4.69, 9.17) is 0 Å². The molecule has 1 amide bonds. The van der Waals surface area contributed by atoms with Crippen LogP contribution in [-0.2, 0) is 4.79 Å². The summed E-state index contributed by atoms with van der Waals surface area (Å²) >= 11 is 3.31. The van der Waals surface area contributed by atoms with Crippen molar-refractivity contribution >= 4 is 39.2 Å². The fourth-order valence-corrected chi connectivity index (χ4v) is 3.34. The Morgan fingerprint density at radius 3 is 2.56 bits per heavy atom. The number of nitrogens with zero attached hydrogens (tertiary/aromatic N) is 5. The predicted molar refractivity (Wildman–Crippen MR) is 105 cm³/mol. The van der Waals surface area contributed by atoms with E-state index < -0.39 is 4.92 Å². The number of hydrogen-bond donors (Lipinski definition) is 1. The van der Waals surface area contributed by atoms with Crippen molar-refractivity contribution in [2.45, 2.75) is 6.42 Å². The first-order valence-corrected chi connectivity index (χ1v) is 9.31. The van der Waals surface area contributed by atoms with Crippen molar-refractivity contribution in [2.24, 2.45) is 0 Å². The molecule has 1 aromatic heterocycles. The Morgan fingerprint density at radius 1 is 1.22 bits per heavy atom. The molecule has 0 unspecified atom stereocenters. The Hall–Kier alpha value is -2.75. The Balaban J connectivity index is 1.44. The molecule has 10 heteroatoms. The predicted octanol–water partition coefficient (Wildman–Crippen LogP) is 2.30. The summed E-state index contributed by atoms with van der Waals surface area (Å²) in [5.74, 6) is 0.767. The number of benzene rings is 1. The minimum Gasteiger partial charge on any atom is -0.384 e. The first-order chi connectivity index (χ1) is 13.0. The Labute approximate surface area is 164 Å². The van der Waals surface area contributed by atoms with Gasteiger partial charge in [0, 0.05) is 73.8 Å². The topological polar surface area (TPSA) is 104 Å². The summed E-state index contributed by atoms with van der Waals surface area (Å²) in [6.45, 7) is 3.14. The van der Waals surface area contributed by atoms with Gasteiger partial charge in [0.2, 0.25) is 11.9 Å². The molecule has 1 aromatic carbocycles. The molecule has 0 atom stereocenters. The lowest BCUT2D eigenvalue weighted by Crippen LogP contribution is -2.49. The molecule has 27 heavy (non-hydrogen) atoms. The second-order valence-corrected chi connectivity index (χ2v) is 6.87. The van der Waals surface area contributed by atoms with Crippen LogP contribution >= 0.6 is 15.9 Å². The van der Waals surface area contributed by atoms with Crippen LogP contribution in [0.4, 0.5) is 17.3 Å². The maximum atomic E-state index is 12.4. The molecule has 0 saturated carbocycles. The average molecular weight is 435 g/mol. The van der Waals surface area contributed by atoms with E-state index in [1.807, 2.05) is 4.90 Å². The molecular weight excluding hydrogens is 416 g/mol. The number of carbonyl (C=O) groups is 1. The van der Waals surface area contributed by atoms with E-state index in [9.17, 15) is 14.9 Å². The number of nitrogens with one attached hydrogen (secondary N) is 1. The fourth-order valence-electron chi connectivity index (χ4n) is 2.83. The summed E-state index contributed by atoms with van der Waals surface area (Å²) in [5, 5.41) is 13.9. The molecule has 1 aliphatic rings. The fraction of sp³-hybridized carbons (Fsp3) is 0.353. The Morgan fingerprint density at radius 2 is 1.93 bits per heavy atom. The molecule has 0 aliphatic carbocycles. The normalized spacial score (nSPS) is 14.1. The second kappa shape index (κ2) is 8.76. The Kier molecular flexibility index (Phi) is 6.17. The third kappa shape index (κ3) is 4.91. The zero-order valence-electron chi connectivity index (χ0n) is 14.5. The summed E-state index contributed by atoms with van der Waals surface area (Å²) in [6.07, 6.45) is 3.77. The maximum Gasteiger partial charge on any atom is 0.270 e. The van der Waals surface area contributed by atoms with Gasteiger partial charge in [-0.3, -0.25) is 14.9 Å². The molecule has 2 heterocycles. The molecule has 9 nitrogen and oxygen atoms in total. The lowest BCUT2D eigenvalue weighted by molar-refractivity contribution is -0.384. The number of nitro groups is 1. The van der Waals surface area contributed by atoms with Crippen LogP contribution in [0.2, 0.25) is 0 Å². The van der Waals surface area contributed by atoms with Crippen molar-refractivity contribution in [3.05, 3.63) is 51.2 Å². The van der Waals surface area contributed by atoms with E-state index in [1.165, 1.54) is 12.1 Å². The van der Waals surface area contributed by atoms with Crippen LogP contribution in [0, 0.1) is 10.1 Å². The molecular formula is C17H19BrN6O3. The minimum absolute atomic E-state index is 0.0174. The second-order valence-electron chi connectivity index (χ2n) is 6.01. The molecule has 2 aromatic rings. The summed E-state index contributed by atoms with van der Waals surface area (Å²) in [7, 11) is 0. The van der Waals surface area contributed by atoms with Gasteiger partial charge >= 0.3 is 0 Å². The van der Waals surface area contributed by atoms with Crippen molar-refractivity contribution in [2.75, 3.05) is 42.9 Å². The number of piperazine rings is 1. The summed E-state index contributed by atoms with van der Waals surface area (Å²) < 4.78 is 0.598. The largest absolute Gasteiger partial charge is 0.384 e. The maximum absolute atomic E-state index is 12.4. The zero-order valence-corrected chi connectivity index (χ0v) is 16.1. The van der Waals surface area contributed by atoms with Gasteiger partial charge in [-0.15, -0.1) is 0 Å². The first-order valence-electron chi connectivity index (χ1n) is 8.52. The quantitative estimate of drug-likeness (QED) is 0.549. The summed E-state index contributed by atoms with van der Waals surface area (Å²) in [6, 6.07) is 6.28. The molecule has 1 fully saturated rings. The highest BCUT2D eigenvalue weighted by atomic mass is 79.9. The van der Waals surface area contributed by atoms with Gasteiger partial charge < -0.3 is 15.1 Å². The number of anilines is 2. The summed E-state index contributed by atoms with van der Waals surface area (Å²) in [4.78, 5) is 35.1. The van der Waals surface area contributed by atoms with Gasteiger partial charge in [-0.05, 0) is 28.1 Å². The van der Waals surface area contributed by atoms with E-state index >= 15 is 0 Å². The molecule has 0 spiro atoms.